The molecule has 34 heavy (non-hydrogen) atoms. The first-order chi connectivity index (χ1) is 15.8. The number of ether oxygens (including phenoxy) is 1. The zero-order chi connectivity index (χ0) is 25.3. The normalized spacial score (nSPS) is 11.8. The van der Waals surface area contributed by atoms with Crippen molar-refractivity contribution in [3.63, 3.8) is 0 Å². The second-order valence-corrected chi connectivity index (χ2v) is 12.5. The Kier molecular flexibility index (Phi) is 7.54. The molecule has 0 aliphatic carbocycles. The molecule has 3 rings (SSSR count). The van der Waals surface area contributed by atoms with Crippen LogP contribution in [0.1, 0.15) is 31.2 Å². The highest BCUT2D eigenvalue weighted by Crippen LogP contribution is 2.38. The Bertz CT molecular complexity index is 1360. The Balaban J connectivity index is 1.96. The van der Waals surface area contributed by atoms with E-state index >= 15 is 0 Å². The number of nitrogens with one attached hydrogen (secondary N) is 2. The number of thiophene rings is 1. The molecule has 0 bridgehead atoms. The van der Waals surface area contributed by atoms with Gasteiger partial charge in [0, 0.05) is 0 Å². The Morgan fingerprint density at radius 3 is 2.47 bits per heavy atom. The molecule has 0 unspecified atom stereocenters. The van der Waals surface area contributed by atoms with Crippen LogP contribution in [-0.4, -0.2) is 32.2 Å². The average molecular weight is 521 g/mol. The smallest absolute Gasteiger partial charge is 0.413 e. The molecule has 1 aromatic heterocycles. The van der Waals surface area contributed by atoms with E-state index in [1.54, 1.807) is 58.2 Å². The minimum Gasteiger partial charge on any atom is -0.444 e. The lowest BCUT2D eigenvalue weighted by molar-refractivity contribution is 0.0563. The van der Waals surface area contributed by atoms with E-state index in [0.717, 1.165) is 16.9 Å². The molecule has 1 heterocycles. The van der Waals surface area contributed by atoms with Gasteiger partial charge in [0.2, 0.25) is 9.84 Å². The van der Waals surface area contributed by atoms with Gasteiger partial charge >= 0.3 is 6.09 Å². The van der Waals surface area contributed by atoms with Crippen molar-refractivity contribution in [2.45, 2.75) is 47.3 Å². The van der Waals surface area contributed by atoms with Gasteiger partial charge in [0.05, 0.1) is 18.9 Å². The predicted octanol–water partition coefficient (Wildman–Crippen LogP) is 6.27. The van der Waals surface area contributed by atoms with Gasteiger partial charge in [-0.05, 0) is 81.0 Å². The van der Waals surface area contributed by atoms with E-state index in [9.17, 15) is 17.6 Å². The maximum Gasteiger partial charge on any atom is 0.413 e. The first-order valence-corrected chi connectivity index (χ1v) is 13.7. The summed E-state index contributed by atoms with van der Waals surface area (Å²) in [6.07, 6.45) is 0.959. The molecular weight excluding hydrogens is 495 g/mol. The van der Waals surface area contributed by atoms with Crippen molar-refractivity contribution < 1.29 is 22.3 Å². The lowest BCUT2D eigenvalue weighted by Crippen LogP contribution is -2.36. The minimum atomic E-state index is -3.93. The molecule has 180 valence electrons. The van der Waals surface area contributed by atoms with Crippen molar-refractivity contribution in [2.75, 3.05) is 6.26 Å². The number of alkyl carbamates (subject to hydrolysis) is 1. The molecule has 0 saturated heterocycles. The molecule has 2 aromatic carbocycles. The van der Waals surface area contributed by atoms with Crippen LogP contribution >= 0.6 is 23.1 Å². The maximum atomic E-state index is 13.5. The van der Waals surface area contributed by atoms with Crippen molar-refractivity contribution >= 4 is 44.9 Å². The van der Waals surface area contributed by atoms with Crippen molar-refractivity contribution in [3.05, 3.63) is 64.8 Å². The van der Waals surface area contributed by atoms with E-state index in [0.29, 0.717) is 20.2 Å². The second-order valence-electron chi connectivity index (χ2n) is 8.46. The number of benzene rings is 2. The highest BCUT2D eigenvalue weighted by atomic mass is 32.2. The number of aryl methyl sites for hydroxylation is 1. The molecule has 0 saturated carbocycles. The number of amides is 1. The summed E-state index contributed by atoms with van der Waals surface area (Å²) >= 11 is 2.35. The number of sulfone groups is 1. The lowest BCUT2D eigenvalue weighted by Gasteiger charge is -2.19. The monoisotopic (exact) mass is 520 g/mol. The minimum absolute atomic E-state index is 0.0590. The van der Waals surface area contributed by atoms with E-state index < -0.39 is 21.5 Å². The maximum absolute atomic E-state index is 13.5. The van der Waals surface area contributed by atoms with Crippen LogP contribution in [-0.2, 0) is 14.6 Å². The number of carbonyl (C=O) groups excluding carboxylic acids is 1. The Morgan fingerprint density at radius 2 is 1.85 bits per heavy atom. The fourth-order valence-corrected chi connectivity index (χ4v) is 7.13. The van der Waals surface area contributed by atoms with Gasteiger partial charge in [0.25, 0.3) is 0 Å². The highest BCUT2D eigenvalue weighted by molar-refractivity contribution is 8.01. The van der Waals surface area contributed by atoms with Crippen LogP contribution in [0, 0.1) is 18.2 Å². The predicted molar refractivity (Wildman–Crippen MR) is 134 cm³/mol. The fraction of sp³-hybridized carbons (Fsp3) is 0.250. The number of hydrogen-bond donors (Lipinski definition) is 2. The summed E-state index contributed by atoms with van der Waals surface area (Å²) < 4.78 is 46.2. The molecule has 2 N–H and O–H groups in total. The van der Waals surface area contributed by atoms with Crippen LogP contribution in [0.4, 0.5) is 9.18 Å². The number of amidine groups is 1. The number of halogens is 1. The number of thioether (sulfide) groups is 1. The summed E-state index contributed by atoms with van der Waals surface area (Å²) in [5.41, 5.74) is 1.35. The van der Waals surface area contributed by atoms with Gasteiger partial charge in [-0.25, -0.2) is 17.6 Å². The average Bonchev–Trinajstić information content (AvgIpc) is 3.18. The van der Waals surface area contributed by atoms with E-state index in [4.69, 9.17) is 10.1 Å². The number of carbonyl (C=O) groups is 1. The van der Waals surface area contributed by atoms with Crippen molar-refractivity contribution in [2.24, 2.45) is 0 Å². The second kappa shape index (κ2) is 9.89. The van der Waals surface area contributed by atoms with E-state index in [2.05, 4.69) is 5.32 Å². The molecule has 10 heteroatoms. The van der Waals surface area contributed by atoms with Crippen molar-refractivity contribution in [1.29, 1.82) is 5.41 Å². The largest absolute Gasteiger partial charge is 0.444 e. The third kappa shape index (κ3) is 5.86. The SMILES string of the molecule is CSc1sc(C(=N)NC(=O)OC(C)(C)C)cc1S(=O)(=O)c1cccc(-c2ccc(F)cc2C)c1. The van der Waals surface area contributed by atoms with E-state index in [1.807, 2.05) is 0 Å². The molecule has 0 aliphatic heterocycles. The first-order valence-electron chi connectivity index (χ1n) is 10.2. The van der Waals surface area contributed by atoms with Gasteiger partial charge in [-0.1, -0.05) is 18.2 Å². The van der Waals surface area contributed by atoms with Gasteiger partial charge < -0.3 is 4.74 Å². The first kappa shape index (κ1) is 25.9. The summed E-state index contributed by atoms with van der Waals surface area (Å²) in [7, 11) is -3.93. The number of rotatable bonds is 5. The molecule has 3 aromatic rings. The summed E-state index contributed by atoms with van der Waals surface area (Å²) in [6, 6.07) is 12.2. The summed E-state index contributed by atoms with van der Waals surface area (Å²) in [6.45, 7) is 6.89. The lowest BCUT2D eigenvalue weighted by atomic mass is 10.0. The Hall–Kier alpha value is -2.69. The Labute approximate surface area is 207 Å². The molecule has 6 nitrogen and oxygen atoms in total. The van der Waals surface area contributed by atoms with Crippen molar-refractivity contribution in [1.82, 2.24) is 5.32 Å². The van der Waals surface area contributed by atoms with Gasteiger partial charge in [0.15, 0.2) is 0 Å². The summed E-state index contributed by atoms with van der Waals surface area (Å²) in [5.74, 6) is -0.602. The zero-order valence-corrected chi connectivity index (χ0v) is 21.8. The van der Waals surface area contributed by atoms with E-state index in [1.165, 1.54) is 36.0 Å². The van der Waals surface area contributed by atoms with Crippen LogP contribution in [0.2, 0.25) is 0 Å². The fourth-order valence-electron chi connectivity index (χ4n) is 3.19. The molecule has 0 aliphatic rings. The number of hydrogen-bond acceptors (Lipinski definition) is 7. The van der Waals surface area contributed by atoms with Crippen LogP contribution in [0.3, 0.4) is 0 Å². The highest BCUT2D eigenvalue weighted by Gasteiger charge is 2.27. The van der Waals surface area contributed by atoms with Gasteiger partial charge in [-0.15, -0.1) is 23.1 Å². The van der Waals surface area contributed by atoms with Gasteiger partial charge in [-0.2, -0.15) is 0 Å². The van der Waals surface area contributed by atoms with Crippen LogP contribution in [0.5, 0.6) is 0 Å². The third-order valence-electron chi connectivity index (χ3n) is 4.66. The quantitative estimate of drug-likeness (QED) is 0.235. The molecule has 1 amide bonds. The molecule has 0 fully saturated rings. The van der Waals surface area contributed by atoms with Crippen LogP contribution < -0.4 is 5.32 Å². The molecule has 0 atom stereocenters. The van der Waals surface area contributed by atoms with Crippen LogP contribution in [0.25, 0.3) is 11.1 Å². The zero-order valence-electron chi connectivity index (χ0n) is 19.4. The molecule has 0 radical (unpaired) electrons. The topological polar surface area (TPSA) is 96.3 Å². The molecular formula is C24H25FN2O4S3. The molecule has 0 spiro atoms. The van der Waals surface area contributed by atoms with Gasteiger partial charge in [0.1, 0.15) is 17.3 Å². The Morgan fingerprint density at radius 1 is 1.15 bits per heavy atom. The standard InChI is InChI=1S/C24H25FN2O4S3/c1-14-11-16(25)9-10-18(14)15-7-6-8-17(12-15)34(29,30)20-13-19(33-22(20)32-5)21(26)27-23(28)31-24(2,3)4/h6-13H,1-5H3,(H2,26,27,28). The van der Waals surface area contributed by atoms with E-state index in [-0.39, 0.29) is 21.4 Å². The summed E-state index contributed by atoms with van der Waals surface area (Å²) in [5, 5.41) is 10.6. The summed E-state index contributed by atoms with van der Waals surface area (Å²) in [4.78, 5) is 12.5. The van der Waals surface area contributed by atoms with Gasteiger partial charge in [-0.3, -0.25) is 10.7 Å². The third-order valence-corrected chi connectivity index (χ3v) is 8.98. The van der Waals surface area contributed by atoms with Crippen molar-refractivity contribution in [3.8, 4) is 11.1 Å². The van der Waals surface area contributed by atoms with Crippen LogP contribution in [0.15, 0.2) is 62.5 Å².